The molecule has 1 aliphatic heterocycles. The Balaban J connectivity index is 1.30. The highest BCUT2D eigenvalue weighted by molar-refractivity contribution is 6.12. The number of nitrogens with one attached hydrogen (secondary N) is 1. The van der Waals surface area contributed by atoms with Crippen molar-refractivity contribution in [2.24, 2.45) is 5.92 Å². The molecule has 1 aliphatic carbocycles. The van der Waals surface area contributed by atoms with Gasteiger partial charge in [0.15, 0.2) is 0 Å². The highest BCUT2D eigenvalue weighted by Crippen LogP contribution is 2.27. The highest BCUT2D eigenvalue weighted by atomic mass is 16.5. The minimum absolute atomic E-state index is 0.141. The van der Waals surface area contributed by atoms with Gasteiger partial charge in [-0.25, -0.2) is 0 Å². The summed E-state index contributed by atoms with van der Waals surface area (Å²) in [5, 5.41) is 2.83. The third-order valence-electron chi connectivity index (χ3n) is 5.57. The van der Waals surface area contributed by atoms with Crippen molar-refractivity contribution in [3.8, 4) is 5.75 Å². The Labute approximate surface area is 172 Å². The third kappa shape index (κ3) is 6.73. The summed E-state index contributed by atoms with van der Waals surface area (Å²) in [7, 11) is 0. The fraction of sp³-hybridized carbons (Fsp3) is 0.522. The number of benzene rings is 1. The van der Waals surface area contributed by atoms with Crippen LogP contribution < -0.4 is 10.1 Å². The predicted octanol–water partition coefficient (Wildman–Crippen LogP) is 4.07. The quantitative estimate of drug-likeness (QED) is 0.476. The molecular weight excluding hydrogens is 368 g/mol. The van der Waals surface area contributed by atoms with E-state index in [9.17, 15) is 14.4 Å². The molecule has 156 valence electrons. The van der Waals surface area contributed by atoms with Crippen LogP contribution in [0.3, 0.4) is 0 Å². The molecular formula is C23H30N2O4. The fourth-order valence-corrected chi connectivity index (χ4v) is 3.95. The summed E-state index contributed by atoms with van der Waals surface area (Å²) in [6, 6.07) is 7.38. The van der Waals surface area contributed by atoms with E-state index in [1.54, 1.807) is 0 Å². The zero-order valence-corrected chi connectivity index (χ0v) is 16.9. The van der Waals surface area contributed by atoms with E-state index in [1.165, 1.54) is 50.7 Å². The van der Waals surface area contributed by atoms with Crippen LogP contribution in [0.4, 0.5) is 5.69 Å². The third-order valence-corrected chi connectivity index (χ3v) is 5.57. The number of hydrogen-bond donors (Lipinski definition) is 1. The first kappa shape index (κ1) is 21.1. The van der Waals surface area contributed by atoms with Gasteiger partial charge in [-0.1, -0.05) is 32.1 Å². The lowest BCUT2D eigenvalue weighted by Crippen LogP contribution is -2.31. The maximum atomic E-state index is 12.0. The standard InChI is InChI=1S/C23H30N2O4/c26-21(9-4-16-25-22(27)14-15-23(25)28)24-19-10-12-20(13-11-19)29-17-5-8-18-6-2-1-3-7-18/h10-15,18H,1-9,16-17H2,(H,24,26). The second kappa shape index (κ2) is 10.8. The number of rotatable bonds is 10. The molecule has 29 heavy (non-hydrogen) atoms. The maximum Gasteiger partial charge on any atom is 0.253 e. The molecule has 1 aromatic carbocycles. The zero-order chi connectivity index (χ0) is 20.5. The van der Waals surface area contributed by atoms with Crippen molar-refractivity contribution in [3.63, 3.8) is 0 Å². The Hall–Kier alpha value is -2.63. The molecule has 3 rings (SSSR count). The first-order chi connectivity index (χ1) is 14.1. The predicted molar refractivity (Wildman–Crippen MR) is 111 cm³/mol. The van der Waals surface area contributed by atoms with Crippen molar-refractivity contribution in [2.45, 2.75) is 57.8 Å². The van der Waals surface area contributed by atoms with Crippen molar-refractivity contribution in [2.75, 3.05) is 18.5 Å². The molecule has 3 amide bonds. The molecule has 1 N–H and O–H groups in total. The van der Waals surface area contributed by atoms with E-state index in [2.05, 4.69) is 5.32 Å². The zero-order valence-electron chi connectivity index (χ0n) is 16.9. The number of hydrogen-bond acceptors (Lipinski definition) is 4. The van der Waals surface area contributed by atoms with Gasteiger partial charge in [-0.05, 0) is 49.4 Å². The van der Waals surface area contributed by atoms with E-state index < -0.39 is 0 Å². The molecule has 0 aromatic heterocycles. The topological polar surface area (TPSA) is 75.7 Å². The van der Waals surface area contributed by atoms with E-state index in [0.29, 0.717) is 12.1 Å². The molecule has 0 unspecified atom stereocenters. The molecule has 2 aliphatic rings. The van der Waals surface area contributed by atoms with Crippen LogP contribution in [0.15, 0.2) is 36.4 Å². The van der Waals surface area contributed by atoms with Gasteiger partial charge in [-0.3, -0.25) is 19.3 Å². The molecule has 1 saturated carbocycles. The van der Waals surface area contributed by atoms with Gasteiger partial charge in [0.05, 0.1) is 6.61 Å². The van der Waals surface area contributed by atoms with Crippen molar-refractivity contribution in [3.05, 3.63) is 36.4 Å². The first-order valence-corrected chi connectivity index (χ1v) is 10.7. The molecule has 1 heterocycles. The second-order valence-electron chi connectivity index (χ2n) is 7.83. The summed E-state index contributed by atoms with van der Waals surface area (Å²) in [4.78, 5) is 36.1. The average molecular weight is 399 g/mol. The second-order valence-corrected chi connectivity index (χ2v) is 7.83. The Morgan fingerprint density at radius 3 is 2.38 bits per heavy atom. The van der Waals surface area contributed by atoms with Crippen LogP contribution in [0.5, 0.6) is 5.75 Å². The first-order valence-electron chi connectivity index (χ1n) is 10.7. The number of carbonyl (C=O) groups excluding carboxylic acids is 3. The van der Waals surface area contributed by atoms with Gasteiger partial charge in [0.25, 0.3) is 11.8 Å². The number of imide groups is 1. The van der Waals surface area contributed by atoms with Crippen LogP contribution in [0, 0.1) is 5.92 Å². The number of anilines is 1. The summed E-state index contributed by atoms with van der Waals surface area (Å²) in [6.45, 7) is 0.983. The summed E-state index contributed by atoms with van der Waals surface area (Å²) >= 11 is 0. The monoisotopic (exact) mass is 398 g/mol. The van der Waals surface area contributed by atoms with Crippen LogP contribution in [-0.2, 0) is 14.4 Å². The van der Waals surface area contributed by atoms with Gasteiger partial charge in [-0.15, -0.1) is 0 Å². The van der Waals surface area contributed by atoms with E-state index in [0.717, 1.165) is 29.6 Å². The smallest absolute Gasteiger partial charge is 0.253 e. The van der Waals surface area contributed by atoms with Crippen LogP contribution in [-0.4, -0.2) is 35.8 Å². The molecule has 6 nitrogen and oxygen atoms in total. The maximum absolute atomic E-state index is 12.0. The molecule has 0 bridgehead atoms. The van der Waals surface area contributed by atoms with Gasteiger partial charge in [0, 0.05) is 30.8 Å². The number of amides is 3. The van der Waals surface area contributed by atoms with Crippen LogP contribution >= 0.6 is 0 Å². The molecule has 6 heteroatoms. The van der Waals surface area contributed by atoms with E-state index in [1.807, 2.05) is 24.3 Å². The van der Waals surface area contributed by atoms with E-state index >= 15 is 0 Å². The van der Waals surface area contributed by atoms with Crippen molar-refractivity contribution >= 4 is 23.4 Å². The molecule has 1 fully saturated rings. The molecule has 0 atom stereocenters. The van der Waals surface area contributed by atoms with Gasteiger partial charge in [0.1, 0.15) is 5.75 Å². The molecule has 1 aromatic rings. The van der Waals surface area contributed by atoms with E-state index in [4.69, 9.17) is 4.74 Å². The minimum Gasteiger partial charge on any atom is -0.494 e. The minimum atomic E-state index is -0.315. The lowest BCUT2D eigenvalue weighted by Gasteiger charge is -2.21. The Bertz CT molecular complexity index is 718. The van der Waals surface area contributed by atoms with Gasteiger partial charge >= 0.3 is 0 Å². The van der Waals surface area contributed by atoms with Crippen LogP contribution in [0.1, 0.15) is 57.8 Å². The van der Waals surface area contributed by atoms with Gasteiger partial charge in [-0.2, -0.15) is 0 Å². The summed E-state index contributed by atoms with van der Waals surface area (Å²) in [6.07, 6.45) is 12.4. The van der Waals surface area contributed by atoms with Crippen LogP contribution in [0.2, 0.25) is 0 Å². The van der Waals surface area contributed by atoms with Crippen LogP contribution in [0.25, 0.3) is 0 Å². The SMILES string of the molecule is O=C(CCCN1C(=O)C=CC1=O)Nc1ccc(OCCCC2CCCCC2)cc1. The Morgan fingerprint density at radius 2 is 1.69 bits per heavy atom. The highest BCUT2D eigenvalue weighted by Gasteiger charge is 2.22. The number of nitrogens with zero attached hydrogens (tertiary/aromatic N) is 1. The summed E-state index contributed by atoms with van der Waals surface area (Å²) in [5.74, 6) is 0.917. The molecule has 0 saturated heterocycles. The lowest BCUT2D eigenvalue weighted by molar-refractivity contribution is -0.137. The van der Waals surface area contributed by atoms with Crippen molar-refractivity contribution in [1.82, 2.24) is 4.90 Å². The van der Waals surface area contributed by atoms with Gasteiger partial charge < -0.3 is 10.1 Å². The summed E-state index contributed by atoms with van der Waals surface area (Å²) < 4.78 is 5.81. The largest absolute Gasteiger partial charge is 0.494 e. The molecule has 0 spiro atoms. The average Bonchev–Trinajstić information content (AvgIpc) is 3.05. The van der Waals surface area contributed by atoms with E-state index in [-0.39, 0.29) is 30.7 Å². The lowest BCUT2D eigenvalue weighted by atomic mass is 9.86. The Morgan fingerprint density at radius 1 is 1.00 bits per heavy atom. The normalized spacial score (nSPS) is 17.0. The number of ether oxygens (including phenoxy) is 1. The summed E-state index contributed by atoms with van der Waals surface area (Å²) in [5.41, 5.74) is 0.708. The fourth-order valence-electron chi connectivity index (χ4n) is 3.95. The van der Waals surface area contributed by atoms with Crippen molar-refractivity contribution in [1.29, 1.82) is 0 Å². The van der Waals surface area contributed by atoms with Crippen molar-refractivity contribution < 1.29 is 19.1 Å². The number of carbonyl (C=O) groups is 3. The van der Waals surface area contributed by atoms with Gasteiger partial charge in [0.2, 0.25) is 5.91 Å². The Kier molecular flexibility index (Phi) is 7.85. The molecule has 0 radical (unpaired) electrons.